The number of hydrogen-bond donors (Lipinski definition) is 0. The molecule has 0 aliphatic rings. The van der Waals surface area contributed by atoms with E-state index in [1.165, 1.54) is 6.20 Å². The van der Waals surface area contributed by atoms with Gasteiger partial charge in [0, 0.05) is 18.6 Å². The maximum atomic E-state index is 3.97. The molecule has 5 heteroatoms. The fourth-order valence-electron chi connectivity index (χ4n) is 0.765. The van der Waals surface area contributed by atoms with Crippen molar-refractivity contribution in [3.8, 4) is 11.6 Å². The molecule has 0 atom stereocenters. The molecule has 0 aromatic carbocycles. The van der Waals surface area contributed by atoms with Crippen molar-refractivity contribution in [3.05, 3.63) is 30.9 Å². The monoisotopic (exact) mass is 159 g/mol. The van der Waals surface area contributed by atoms with Gasteiger partial charge in [-0.1, -0.05) is 0 Å². The van der Waals surface area contributed by atoms with Crippen LogP contribution >= 0.6 is 0 Å². The molecule has 0 radical (unpaired) electrons. The first kappa shape index (κ1) is 6.78. The van der Waals surface area contributed by atoms with Crippen molar-refractivity contribution >= 4 is 0 Å². The molecule has 2 aromatic rings. The lowest BCUT2D eigenvalue weighted by Crippen LogP contribution is -1.94. The van der Waals surface area contributed by atoms with E-state index in [9.17, 15) is 0 Å². The summed E-state index contributed by atoms with van der Waals surface area (Å²) in [6, 6.07) is 1.74. The van der Waals surface area contributed by atoms with Gasteiger partial charge >= 0.3 is 0 Å². The van der Waals surface area contributed by atoms with E-state index in [2.05, 4.69) is 25.1 Å². The third-order valence-corrected chi connectivity index (χ3v) is 1.25. The van der Waals surface area contributed by atoms with Gasteiger partial charge in [0.1, 0.15) is 0 Å². The second kappa shape index (κ2) is 3.00. The molecule has 0 spiro atoms. The molecule has 12 heavy (non-hydrogen) atoms. The van der Waals surface area contributed by atoms with Crippen LogP contribution in [0, 0.1) is 0 Å². The van der Waals surface area contributed by atoms with E-state index in [-0.39, 0.29) is 0 Å². The van der Waals surface area contributed by atoms with Crippen LogP contribution in [0.5, 0.6) is 0 Å². The van der Waals surface area contributed by atoms with Gasteiger partial charge in [0.15, 0.2) is 5.82 Å². The third kappa shape index (κ3) is 1.24. The van der Waals surface area contributed by atoms with Crippen LogP contribution in [0.2, 0.25) is 0 Å². The molecule has 0 bridgehead atoms. The zero-order valence-corrected chi connectivity index (χ0v) is 6.12. The summed E-state index contributed by atoms with van der Waals surface area (Å²) < 4.78 is 0. The largest absolute Gasteiger partial charge is 0.234 e. The third-order valence-electron chi connectivity index (χ3n) is 1.25. The van der Waals surface area contributed by atoms with Crippen LogP contribution in [-0.2, 0) is 0 Å². The predicted octanol–water partition coefficient (Wildman–Crippen LogP) is 0.329. The van der Waals surface area contributed by atoms with E-state index >= 15 is 0 Å². The Kier molecular flexibility index (Phi) is 1.69. The van der Waals surface area contributed by atoms with Crippen molar-refractivity contribution in [1.82, 2.24) is 25.1 Å². The van der Waals surface area contributed by atoms with Crippen molar-refractivity contribution < 1.29 is 0 Å². The van der Waals surface area contributed by atoms with Crippen LogP contribution in [0.25, 0.3) is 11.6 Å². The van der Waals surface area contributed by atoms with Gasteiger partial charge in [-0.2, -0.15) is 5.10 Å². The Morgan fingerprint density at radius 2 is 1.50 bits per heavy atom. The molecule has 5 nitrogen and oxygen atoms in total. The molecule has 0 aliphatic heterocycles. The van der Waals surface area contributed by atoms with E-state index in [1.54, 1.807) is 24.7 Å². The molecule has 0 unspecified atom stereocenters. The summed E-state index contributed by atoms with van der Waals surface area (Å²) in [5.74, 6) is 0.934. The lowest BCUT2D eigenvalue weighted by atomic mass is 10.5. The first-order valence-corrected chi connectivity index (χ1v) is 3.38. The van der Waals surface area contributed by atoms with E-state index in [0.717, 1.165) is 0 Å². The fraction of sp³-hybridized carbons (Fsp3) is 0. The minimum Gasteiger partial charge on any atom is -0.234 e. The highest BCUT2D eigenvalue weighted by Crippen LogP contribution is 2.02. The SMILES string of the molecule is c1cnc(-c2nccnn2)nc1. The lowest BCUT2D eigenvalue weighted by Gasteiger charge is -1.92. The quantitative estimate of drug-likeness (QED) is 0.599. The zero-order valence-electron chi connectivity index (χ0n) is 6.12. The van der Waals surface area contributed by atoms with Crippen molar-refractivity contribution in [1.29, 1.82) is 0 Å². The summed E-state index contributed by atoms with van der Waals surface area (Å²) in [5.41, 5.74) is 0. The van der Waals surface area contributed by atoms with Gasteiger partial charge in [-0.05, 0) is 6.07 Å². The van der Waals surface area contributed by atoms with Crippen LogP contribution in [0.15, 0.2) is 30.9 Å². The molecule has 58 valence electrons. The van der Waals surface area contributed by atoms with Gasteiger partial charge in [-0.25, -0.2) is 15.0 Å². The van der Waals surface area contributed by atoms with Crippen LogP contribution in [0.4, 0.5) is 0 Å². The van der Waals surface area contributed by atoms with E-state index in [0.29, 0.717) is 11.6 Å². The second-order valence-electron chi connectivity index (χ2n) is 2.04. The van der Waals surface area contributed by atoms with Crippen LogP contribution in [0.1, 0.15) is 0 Å². The van der Waals surface area contributed by atoms with Crippen LogP contribution < -0.4 is 0 Å². The van der Waals surface area contributed by atoms with Gasteiger partial charge in [0.25, 0.3) is 0 Å². The molecule has 0 amide bonds. The lowest BCUT2D eigenvalue weighted by molar-refractivity contribution is 0.954. The smallest absolute Gasteiger partial charge is 0.219 e. The van der Waals surface area contributed by atoms with Gasteiger partial charge < -0.3 is 0 Å². The van der Waals surface area contributed by atoms with Gasteiger partial charge in [0.05, 0.1) is 6.20 Å². The van der Waals surface area contributed by atoms with Gasteiger partial charge in [-0.15, -0.1) is 5.10 Å². The Hall–Kier alpha value is -1.91. The highest BCUT2D eigenvalue weighted by Gasteiger charge is 2.00. The summed E-state index contributed by atoms with van der Waals surface area (Å²) >= 11 is 0. The summed E-state index contributed by atoms with van der Waals surface area (Å²) in [6.45, 7) is 0. The molecule has 0 fully saturated rings. The molecule has 0 saturated heterocycles. The standard InChI is InChI=1S/C7H5N5/c1-2-8-6(9-3-1)7-10-4-5-11-12-7/h1-5H. The van der Waals surface area contributed by atoms with Crippen molar-refractivity contribution in [2.24, 2.45) is 0 Å². The Bertz CT molecular complexity index is 309. The Morgan fingerprint density at radius 1 is 0.750 bits per heavy atom. The first-order chi connectivity index (χ1) is 5.97. The summed E-state index contributed by atoms with van der Waals surface area (Å²) in [4.78, 5) is 11.9. The first-order valence-electron chi connectivity index (χ1n) is 3.38. The van der Waals surface area contributed by atoms with Crippen molar-refractivity contribution in [2.75, 3.05) is 0 Å². The summed E-state index contributed by atoms with van der Waals surface area (Å²) in [7, 11) is 0. The molecule has 0 N–H and O–H groups in total. The molecule has 2 heterocycles. The van der Waals surface area contributed by atoms with Crippen molar-refractivity contribution in [3.63, 3.8) is 0 Å². The van der Waals surface area contributed by atoms with Crippen LogP contribution in [0.3, 0.4) is 0 Å². The van der Waals surface area contributed by atoms with Crippen LogP contribution in [-0.4, -0.2) is 25.1 Å². The Balaban J connectivity index is 2.46. The van der Waals surface area contributed by atoms with E-state index in [4.69, 9.17) is 0 Å². The molecular formula is C7H5N5. The maximum absolute atomic E-state index is 3.97. The fourth-order valence-corrected chi connectivity index (χ4v) is 0.765. The maximum Gasteiger partial charge on any atom is 0.219 e. The predicted molar refractivity (Wildman–Crippen MR) is 40.9 cm³/mol. The minimum atomic E-state index is 0.443. The van der Waals surface area contributed by atoms with E-state index < -0.39 is 0 Å². The second-order valence-corrected chi connectivity index (χ2v) is 2.04. The number of rotatable bonds is 1. The highest BCUT2D eigenvalue weighted by molar-refractivity contribution is 5.39. The molecule has 0 saturated carbocycles. The topological polar surface area (TPSA) is 64.5 Å². The Labute approximate surface area is 68.6 Å². The minimum absolute atomic E-state index is 0.443. The molecule has 2 aromatic heterocycles. The Morgan fingerprint density at radius 3 is 2.17 bits per heavy atom. The highest BCUT2D eigenvalue weighted by atomic mass is 15.2. The van der Waals surface area contributed by atoms with Gasteiger partial charge in [0.2, 0.25) is 5.82 Å². The molecule has 0 aliphatic carbocycles. The molecule has 2 rings (SSSR count). The molecular weight excluding hydrogens is 154 g/mol. The van der Waals surface area contributed by atoms with Crippen molar-refractivity contribution in [2.45, 2.75) is 0 Å². The number of hydrogen-bond acceptors (Lipinski definition) is 5. The van der Waals surface area contributed by atoms with E-state index in [1.807, 2.05) is 0 Å². The zero-order chi connectivity index (χ0) is 8.23. The van der Waals surface area contributed by atoms with Gasteiger partial charge in [-0.3, -0.25) is 0 Å². The summed E-state index contributed by atoms with van der Waals surface area (Å²) in [5, 5.41) is 7.43. The average molecular weight is 159 g/mol. The normalized spacial score (nSPS) is 9.67. The average Bonchev–Trinajstić information content (AvgIpc) is 2.21. The number of aromatic nitrogens is 5. The number of nitrogens with zero attached hydrogens (tertiary/aromatic N) is 5. The summed E-state index contributed by atoms with van der Waals surface area (Å²) in [6.07, 6.45) is 6.34.